The number of quaternary nitrogens is 1. The molecular formula is C28H29ClN3O+. The zero-order valence-corrected chi connectivity index (χ0v) is 19.4. The van der Waals surface area contributed by atoms with Gasteiger partial charge in [-0.05, 0) is 30.2 Å². The Balaban J connectivity index is 1.24. The second-order valence-corrected chi connectivity index (χ2v) is 9.23. The summed E-state index contributed by atoms with van der Waals surface area (Å²) in [4.78, 5) is 19.8. The summed E-state index contributed by atoms with van der Waals surface area (Å²) in [5, 5.41) is 1.97. The van der Waals surface area contributed by atoms with E-state index in [4.69, 9.17) is 11.6 Å². The number of carbonyl (C=O) groups is 1. The van der Waals surface area contributed by atoms with Crippen molar-refractivity contribution in [3.8, 4) is 0 Å². The summed E-state index contributed by atoms with van der Waals surface area (Å²) in [7, 11) is 0. The number of amides is 1. The van der Waals surface area contributed by atoms with Crippen molar-refractivity contribution >= 4 is 28.4 Å². The van der Waals surface area contributed by atoms with E-state index in [9.17, 15) is 4.79 Å². The maximum Gasteiger partial charge on any atom is 0.223 e. The van der Waals surface area contributed by atoms with Gasteiger partial charge in [-0.25, -0.2) is 0 Å². The highest BCUT2D eigenvalue weighted by molar-refractivity contribution is 6.30. The zero-order chi connectivity index (χ0) is 22.6. The lowest BCUT2D eigenvalue weighted by Crippen LogP contribution is -3.15. The molecule has 0 radical (unpaired) electrons. The maximum atomic E-state index is 13.0. The molecule has 168 valence electrons. The molecule has 3 aromatic carbocycles. The molecule has 0 spiro atoms. The number of halogens is 1. The van der Waals surface area contributed by atoms with Crippen LogP contribution in [0.15, 0.2) is 85.1 Å². The highest BCUT2D eigenvalue weighted by Gasteiger charge is 2.31. The normalized spacial score (nSPS) is 15.6. The van der Waals surface area contributed by atoms with Crippen molar-refractivity contribution in [3.05, 3.63) is 107 Å². The number of aryl methyl sites for hydroxylation is 1. The van der Waals surface area contributed by atoms with E-state index in [1.165, 1.54) is 27.0 Å². The van der Waals surface area contributed by atoms with E-state index < -0.39 is 0 Å². The minimum Gasteiger partial charge on any atom is -0.361 e. The van der Waals surface area contributed by atoms with Crippen LogP contribution in [-0.2, 0) is 11.2 Å². The number of para-hydroxylation sites is 1. The predicted molar refractivity (Wildman–Crippen MR) is 134 cm³/mol. The smallest absolute Gasteiger partial charge is 0.223 e. The molecule has 1 amide bonds. The van der Waals surface area contributed by atoms with Gasteiger partial charge in [0.25, 0.3) is 0 Å². The van der Waals surface area contributed by atoms with Gasteiger partial charge in [-0.15, -0.1) is 0 Å². The Morgan fingerprint density at radius 1 is 0.909 bits per heavy atom. The number of rotatable bonds is 6. The fourth-order valence-corrected chi connectivity index (χ4v) is 5.16. The topological polar surface area (TPSA) is 40.5 Å². The Bertz CT molecular complexity index is 1210. The molecule has 33 heavy (non-hydrogen) atoms. The second-order valence-electron chi connectivity index (χ2n) is 8.79. The van der Waals surface area contributed by atoms with Crippen molar-refractivity contribution < 1.29 is 9.69 Å². The first-order valence-electron chi connectivity index (χ1n) is 11.7. The first-order valence-corrected chi connectivity index (χ1v) is 12.0. The van der Waals surface area contributed by atoms with Gasteiger partial charge in [0, 0.05) is 39.7 Å². The number of aromatic nitrogens is 1. The van der Waals surface area contributed by atoms with E-state index in [0.717, 1.165) is 43.1 Å². The van der Waals surface area contributed by atoms with Gasteiger partial charge in [0.2, 0.25) is 5.91 Å². The van der Waals surface area contributed by atoms with Crippen molar-refractivity contribution in [2.45, 2.75) is 18.9 Å². The molecule has 5 heteroatoms. The summed E-state index contributed by atoms with van der Waals surface area (Å²) in [6.07, 6.45) is 3.36. The molecule has 1 aliphatic rings. The molecule has 1 aromatic heterocycles. The quantitative estimate of drug-likeness (QED) is 0.445. The van der Waals surface area contributed by atoms with Gasteiger partial charge in [0.05, 0.1) is 26.2 Å². The molecule has 0 bridgehead atoms. The van der Waals surface area contributed by atoms with E-state index in [1.807, 2.05) is 35.4 Å². The number of benzene rings is 3. The maximum absolute atomic E-state index is 13.0. The lowest BCUT2D eigenvalue weighted by Gasteiger charge is -2.37. The van der Waals surface area contributed by atoms with Crippen molar-refractivity contribution in [1.82, 2.24) is 9.88 Å². The Morgan fingerprint density at radius 3 is 2.33 bits per heavy atom. The minimum absolute atomic E-state index is 0.243. The summed E-state index contributed by atoms with van der Waals surface area (Å²) in [5.41, 5.74) is 4.91. The Kier molecular flexibility index (Phi) is 6.47. The van der Waals surface area contributed by atoms with Crippen LogP contribution in [0.3, 0.4) is 0 Å². The summed E-state index contributed by atoms with van der Waals surface area (Å²) < 4.78 is 0. The molecule has 0 unspecified atom stereocenters. The standard InChI is InChI=1S/C28H28ClN3O/c29-24-13-10-22(11-14-24)28(21-6-2-1-3-7-21)32-18-16-31(17-19-32)27(33)15-12-23-20-30-26-9-5-4-8-25(23)26/h1-11,13-14,20,28,30H,12,15-19H2/p+1/t28-/m0/s1. The molecule has 5 rings (SSSR count). The lowest BCUT2D eigenvalue weighted by atomic mass is 9.96. The number of hydrogen-bond acceptors (Lipinski definition) is 1. The van der Waals surface area contributed by atoms with Crippen LogP contribution in [0.2, 0.25) is 5.02 Å². The van der Waals surface area contributed by atoms with Gasteiger partial charge in [-0.3, -0.25) is 4.79 Å². The van der Waals surface area contributed by atoms with E-state index in [2.05, 4.69) is 59.6 Å². The van der Waals surface area contributed by atoms with Crippen LogP contribution >= 0.6 is 11.6 Å². The zero-order valence-electron chi connectivity index (χ0n) is 18.6. The highest BCUT2D eigenvalue weighted by atomic mass is 35.5. The molecule has 0 aliphatic carbocycles. The van der Waals surface area contributed by atoms with E-state index in [1.54, 1.807) is 0 Å². The number of H-pyrrole nitrogens is 1. The third kappa shape index (κ3) is 4.82. The Hall–Kier alpha value is -3.08. The summed E-state index contributed by atoms with van der Waals surface area (Å²) >= 11 is 6.15. The molecule has 0 saturated carbocycles. The Morgan fingerprint density at radius 2 is 1.58 bits per heavy atom. The molecular weight excluding hydrogens is 430 g/mol. The average molecular weight is 459 g/mol. The fraction of sp³-hybridized carbons (Fsp3) is 0.250. The van der Waals surface area contributed by atoms with Crippen LogP contribution in [0.5, 0.6) is 0 Å². The first kappa shape index (κ1) is 21.7. The third-order valence-corrected chi connectivity index (χ3v) is 7.04. The summed E-state index contributed by atoms with van der Waals surface area (Å²) in [6.45, 7) is 3.44. The Labute approximate surface area is 199 Å². The predicted octanol–water partition coefficient (Wildman–Crippen LogP) is 4.27. The number of hydrogen-bond donors (Lipinski definition) is 2. The highest BCUT2D eigenvalue weighted by Crippen LogP contribution is 2.22. The van der Waals surface area contributed by atoms with Crippen LogP contribution in [0.4, 0.5) is 0 Å². The monoisotopic (exact) mass is 458 g/mol. The van der Waals surface area contributed by atoms with Crippen molar-refractivity contribution in [1.29, 1.82) is 0 Å². The molecule has 2 heterocycles. The number of fused-ring (bicyclic) bond motifs is 1. The number of aromatic amines is 1. The van der Waals surface area contributed by atoms with Crippen LogP contribution in [0.1, 0.15) is 29.2 Å². The van der Waals surface area contributed by atoms with Gasteiger partial charge in [-0.1, -0.05) is 72.3 Å². The number of nitrogens with zero attached hydrogens (tertiary/aromatic N) is 1. The fourth-order valence-electron chi connectivity index (χ4n) is 5.03. The van der Waals surface area contributed by atoms with E-state index >= 15 is 0 Å². The SMILES string of the molecule is O=C(CCc1c[nH]c2ccccc12)N1CC[NH+]([C@@H](c2ccccc2)c2ccc(Cl)cc2)CC1. The largest absolute Gasteiger partial charge is 0.361 e. The minimum atomic E-state index is 0.243. The number of carbonyl (C=O) groups excluding carboxylic acids is 1. The van der Waals surface area contributed by atoms with Gasteiger partial charge in [-0.2, -0.15) is 0 Å². The van der Waals surface area contributed by atoms with Crippen molar-refractivity contribution in [2.24, 2.45) is 0 Å². The van der Waals surface area contributed by atoms with Crippen LogP contribution in [0, 0.1) is 0 Å². The van der Waals surface area contributed by atoms with Crippen LogP contribution < -0.4 is 4.90 Å². The molecule has 4 nitrogen and oxygen atoms in total. The number of piperazine rings is 1. The van der Waals surface area contributed by atoms with Gasteiger partial charge < -0.3 is 14.8 Å². The summed E-state index contributed by atoms with van der Waals surface area (Å²) in [5.74, 6) is 0.252. The van der Waals surface area contributed by atoms with Crippen LogP contribution in [0.25, 0.3) is 10.9 Å². The first-order chi connectivity index (χ1) is 16.2. The van der Waals surface area contributed by atoms with Crippen LogP contribution in [-0.4, -0.2) is 42.0 Å². The second kappa shape index (κ2) is 9.82. The van der Waals surface area contributed by atoms with Crippen molar-refractivity contribution in [2.75, 3.05) is 26.2 Å². The molecule has 1 aliphatic heterocycles. The average Bonchev–Trinajstić information content (AvgIpc) is 3.28. The van der Waals surface area contributed by atoms with E-state index in [0.29, 0.717) is 6.42 Å². The summed E-state index contributed by atoms with van der Waals surface area (Å²) in [6, 6.07) is 27.4. The van der Waals surface area contributed by atoms with Gasteiger partial charge in [0.15, 0.2) is 0 Å². The van der Waals surface area contributed by atoms with Gasteiger partial charge in [0.1, 0.15) is 6.04 Å². The van der Waals surface area contributed by atoms with E-state index in [-0.39, 0.29) is 11.9 Å². The molecule has 1 saturated heterocycles. The molecule has 1 atom stereocenters. The lowest BCUT2D eigenvalue weighted by molar-refractivity contribution is -0.929. The number of nitrogens with one attached hydrogen (secondary N) is 2. The van der Waals surface area contributed by atoms with Crippen molar-refractivity contribution in [3.63, 3.8) is 0 Å². The molecule has 4 aromatic rings. The molecule has 1 fully saturated rings. The third-order valence-electron chi connectivity index (χ3n) is 6.79. The molecule has 2 N–H and O–H groups in total. The van der Waals surface area contributed by atoms with Gasteiger partial charge >= 0.3 is 0 Å².